The SMILES string of the molecule is Cc1nc(Nc2cccc(C(=O)Nc3ccc(Nc4ccccc4)cc3)c2)cc(-c2ccccc2)n1. The minimum Gasteiger partial charge on any atom is -0.356 e. The number of nitrogens with zero attached hydrogens (tertiary/aromatic N) is 2. The summed E-state index contributed by atoms with van der Waals surface area (Å²) < 4.78 is 0. The molecular formula is C30H25N5O. The molecule has 1 aromatic heterocycles. The molecule has 5 rings (SSSR count). The van der Waals surface area contributed by atoms with E-state index in [1.165, 1.54) is 0 Å². The molecule has 6 heteroatoms. The van der Waals surface area contributed by atoms with E-state index in [2.05, 4.69) is 25.9 Å². The first-order valence-electron chi connectivity index (χ1n) is 11.6. The molecule has 5 aromatic rings. The van der Waals surface area contributed by atoms with E-state index < -0.39 is 0 Å². The highest BCUT2D eigenvalue weighted by Gasteiger charge is 2.09. The fraction of sp³-hybridized carbons (Fsp3) is 0.0333. The van der Waals surface area contributed by atoms with E-state index in [0.29, 0.717) is 17.2 Å². The first kappa shape index (κ1) is 22.8. The molecule has 0 aliphatic rings. The van der Waals surface area contributed by atoms with Crippen LogP contribution in [0.2, 0.25) is 0 Å². The Kier molecular flexibility index (Phi) is 6.67. The Labute approximate surface area is 210 Å². The van der Waals surface area contributed by atoms with Crippen molar-refractivity contribution in [1.82, 2.24) is 9.97 Å². The van der Waals surface area contributed by atoms with E-state index >= 15 is 0 Å². The fourth-order valence-corrected chi connectivity index (χ4v) is 3.80. The number of anilines is 5. The van der Waals surface area contributed by atoms with Crippen molar-refractivity contribution in [2.24, 2.45) is 0 Å². The molecular weight excluding hydrogens is 446 g/mol. The topological polar surface area (TPSA) is 78.9 Å². The Hall–Kier alpha value is -4.97. The first-order chi connectivity index (χ1) is 17.6. The van der Waals surface area contributed by atoms with Crippen LogP contribution in [-0.2, 0) is 0 Å². The normalized spacial score (nSPS) is 10.5. The molecule has 0 radical (unpaired) electrons. The molecule has 0 fully saturated rings. The molecule has 1 amide bonds. The van der Waals surface area contributed by atoms with Gasteiger partial charge in [0.25, 0.3) is 5.91 Å². The zero-order chi connectivity index (χ0) is 24.7. The lowest BCUT2D eigenvalue weighted by Crippen LogP contribution is -2.12. The van der Waals surface area contributed by atoms with Crippen LogP contribution in [0.25, 0.3) is 11.3 Å². The van der Waals surface area contributed by atoms with E-state index in [4.69, 9.17) is 0 Å². The highest BCUT2D eigenvalue weighted by molar-refractivity contribution is 6.05. The molecule has 0 atom stereocenters. The highest BCUT2D eigenvalue weighted by atomic mass is 16.1. The molecule has 0 saturated heterocycles. The number of carbonyl (C=O) groups is 1. The van der Waals surface area contributed by atoms with Gasteiger partial charge in [-0.15, -0.1) is 0 Å². The number of para-hydroxylation sites is 1. The largest absolute Gasteiger partial charge is 0.356 e. The Morgan fingerprint density at radius 3 is 2.00 bits per heavy atom. The monoisotopic (exact) mass is 471 g/mol. The second kappa shape index (κ2) is 10.5. The Bertz CT molecular complexity index is 1470. The first-order valence-corrected chi connectivity index (χ1v) is 11.6. The molecule has 3 N–H and O–H groups in total. The van der Waals surface area contributed by atoms with Crippen molar-refractivity contribution in [3.05, 3.63) is 127 Å². The van der Waals surface area contributed by atoms with Crippen LogP contribution in [0.4, 0.5) is 28.6 Å². The van der Waals surface area contributed by atoms with Crippen LogP contribution < -0.4 is 16.0 Å². The molecule has 1 heterocycles. The average molecular weight is 472 g/mol. The lowest BCUT2D eigenvalue weighted by molar-refractivity contribution is 0.102. The predicted octanol–water partition coefficient (Wildman–Crippen LogP) is 7.19. The van der Waals surface area contributed by atoms with Crippen molar-refractivity contribution in [3.8, 4) is 11.3 Å². The van der Waals surface area contributed by atoms with Crippen molar-refractivity contribution >= 4 is 34.5 Å². The number of benzene rings is 4. The summed E-state index contributed by atoms with van der Waals surface area (Å²) in [6.07, 6.45) is 0. The summed E-state index contributed by atoms with van der Waals surface area (Å²) in [5.41, 5.74) is 5.83. The van der Waals surface area contributed by atoms with Gasteiger partial charge in [0.2, 0.25) is 0 Å². The second-order valence-electron chi connectivity index (χ2n) is 8.28. The zero-order valence-corrected chi connectivity index (χ0v) is 19.8. The van der Waals surface area contributed by atoms with Crippen LogP contribution in [0.1, 0.15) is 16.2 Å². The van der Waals surface area contributed by atoms with E-state index in [1.54, 1.807) is 12.1 Å². The standard InChI is InChI=1S/C30H25N5O/c1-21-31-28(22-9-4-2-5-10-22)20-29(32-21)34-27-14-8-11-23(19-27)30(36)35-26-17-15-25(16-18-26)33-24-12-6-3-7-13-24/h2-20,33H,1H3,(H,35,36)(H,31,32,34). The lowest BCUT2D eigenvalue weighted by atomic mass is 10.1. The molecule has 0 aliphatic heterocycles. The number of hydrogen-bond acceptors (Lipinski definition) is 5. The van der Waals surface area contributed by atoms with Gasteiger partial charge in [0.1, 0.15) is 11.6 Å². The molecule has 36 heavy (non-hydrogen) atoms. The molecule has 0 bridgehead atoms. The Morgan fingerprint density at radius 1 is 0.611 bits per heavy atom. The summed E-state index contributed by atoms with van der Waals surface area (Å²) in [4.78, 5) is 22.0. The smallest absolute Gasteiger partial charge is 0.255 e. The van der Waals surface area contributed by atoms with Crippen LogP contribution in [-0.4, -0.2) is 15.9 Å². The summed E-state index contributed by atoms with van der Waals surface area (Å²) in [7, 11) is 0. The molecule has 0 aliphatic carbocycles. The summed E-state index contributed by atoms with van der Waals surface area (Å²) in [6.45, 7) is 1.86. The molecule has 0 unspecified atom stereocenters. The van der Waals surface area contributed by atoms with Crippen LogP contribution in [0.5, 0.6) is 0 Å². The minimum atomic E-state index is -0.189. The number of aryl methyl sites for hydroxylation is 1. The van der Waals surface area contributed by atoms with Gasteiger partial charge in [0, 0.05) is 39.9 Å². The molecule has 0 saturated carbocycles. The third-order valence-electron chi connectivity index (χ3n) is 5.51. The van der Waals surface area contributed by atoms with E-state index in [-0.39, 0.29) is 5.91 Å². The molecule has 176 valence electrons. The minimum absolute atomic E-state index is 0.189. The number of amides is 1. The van der Waals surface area contributed by atoms with Gasteiger partial charge in [-0.1, -0.05) is 54.6 Å². The maximum atomic E-state index is 12.9. The maximum Gasteiger partial charge on any atom is 0.255 e. The highest BCUT2D eigenvalue weighted by Crippen LogP contribution is 2.23. The number of hydrogen-bond donors (Lipinski definition) is 3. The van der Waals surface area contributed by atoms with Crippen molar-refractivity contribution < 1.29 is 4.79 Å². The van der Waals surface area contributed by atoms with Gasteiger partial charge in [0.05, 0.1) is 5.69 Å². The van der Waals surface area contributed by atoms with Crippen LogP contribution in [0.15, 0.2) is 115 Å². The lowest BCUT2D eigenvalue weighted by Gasteiger charge is -2.11. The number of nitrogens with one attached hydrogen (secondary N) is 3. The van der Waals surface area contributed by atoms with E-state index in [9.17, 15) is 4.79 Å². The average Bonchev–Trinajstić information content (AvgIpc) is 2.91. The van der Waals surface area contributed by atoms with Crippen LogP contribution in [0.3, 0.4) is 0 Å². The van der Waals surface area contributed by atoms with Gasteiger partial charge in [-0.05, 0) is 61.5 Å². The third kappa shape index (κ3) is 5.74. The third-order valence-corrected chi connectivity index (χ3v) is 5.51. The van der Waals surface area contributed by atoms with Gasteiger partial charge < -0.3 is 16.0 Å². The zero-order valence-electron chi connectivity index (χ0n) is 19.8. The quantitative estimate of drug-likeness (QED) is 0.234. The second-order valence-corrected chi connectivity index (χ2v) is 8.28. The van der Waals surface area contributed by atoms with Gasteiger partial charge in [0.15, 0.2) is 0 Å². The molecule has 0 spiro atoms. The summed E-state index contributed by atoms with van der Waals surface area (Å²) >= 11 is 0. The van der Waals surface area contributed by atoms with Crippen LogP contribution >= 0.6 is 0 Å². The van der Waals surface area contributed by atoms with Crippen molar-refractivity contribution in [1.29, 1.82) is 0 Å². The summed E-state index contributed by atoms with van der Waals surface area (Å²) in [6, 6.07) is 36.8. The maximum absolute atomic E-state index is 12.9. The van der Waals surface area contributed by atoms with E-state index in [1.807, 2.05) is 110 Å². The van der Waals surface area contributed by atoms with Crippen molar-refractivity contribution in [2.45, 2.75) is 6.92 Å². The summed E-state index contributed by atoms with van der Waals surface area (Å²) in [5.74, 6) is 1.14. The Balaban J connectivity index is 1.27. The van der Waals surface area contributed by atoms with E-state index in [0.717, 1.165) is 34.0 Å². The van der Waals surface area contributed by atoms with Gasteiger partial charge in [-0.25, -0.2) is 9.97 Å². The summed E-state index contributed by atoms with van der Waals surface area (Å²) in [5, 5.41) is 9.60. The van der Waals surface area contributed by atoms with Gasteiger partial charge in [-0.2, -0.15) is 0 Å². The van der Waals surface area contributed by atoms with Crippen molar-refractivity contribution in [3.63, 3.8) is 0 Å². The predicted molar refractivity (Wildman–Crippen MR) is 146 cm³/mol. The molecule has 6 nitrogen and oxygen atoms in total. The van der Waals surface area contributed by atoms with Gasteiger partial charge >= 0.3 is 0 Å². The molecule has 4 aromatic carbocycles. The number of aromatic nitrogens is 2. The van der Waals surface area contributed by atoms with Crippen molar-refractivity contribution in [2.75, 3.05) is 16.0 Å². The van der Waals surface area contributed by atoms with Crippen LogP contribution in [0, 0.1) is 6.92 Å². The number of carbonyl (C=O) groups excluding carboxylic acids is 1. The number of rotatable bonds is 7. The van der Waals surface area contributed by atoms with Gasteiger partial charge in [-0.3, -0.25) is 4.79 Å². The fourth-order valence-electron chi connectivity index (χ4n) is 3.80. The Morgan fingerprint density at radius 2 is 1.25 bits per heavy atom.